The van der Waals surface area contributed by atoms with Gasteiger partial charge in [-0.25, -0.2) is 0 Å². The maximum atomic E-state index is 13.0. The number of rotatable bonds is 5. The third-order valence-electron chi connectivity index (χ3n) is 4.04. The number of aromatic nitrogens is 1. The second-order valence-corrected chi connectivity index (χ2v) is 5.98. The number of nitrogens with one attached hydrogen (secondary N) is 2. The van der Waals surface area contributed by atoms with Crippen LogP contribution < -0.4 is 10.6 Å². The standard InChI is InChI=1S/C18H18F3N3O2/c19-18(20,21)15-5-1-2-6-16(15)24-17(25)12-8-13(10-22-9-12)23-11-14-4-3-7-26-14/h1-2,5-6,8-10,14,23H,3-4,7,11H2,(H,24,25). The molecule has 1 aliphatic rings. The highest BCUT2D eigenvalue weighted by Gasteiger charge is 2.33. The quantitative estimate of drug-likeness (QED) is 0.842. The fourth-order valence-electron chi connectivity index (χ4n) is 2.73. The molecule has 1 fully saturated rings. The van der Waals surface area contributed by atoms with Crippen molar-refractivity contribution in [2.24, 2.45) is 0 Å². The van der Waals surface area contributed by atoms with Crippen LogP contribution in [0.25, 0.3) is 0 Å². The van der Waals surface area contributed by atoms with E-state index in [9.17, 15) is 18.0 Å². The Kier molecular flexibility index (Phi) is 5.41. The largest absolute Gasteiger partial charge is 0.418 e. The molecule has 0 saturated carbocycles. The van der Waals surface area contributed by atoms with E-state index in [1.807, 2.05) is 0 Å². The normalized spacial score (nSPS) is 17.1. The molecule has 0 aliphatic carbocycles. The molecule has 1 aromatic carbocycles. The van der Waals surface area contributed by atoms with Crippen molar-refractivity contribution in [2.75, 3.05) is 23.8 Å². The predicted octanol–water partition coefficient (Wildman–Crippen LogP) is 3.94. The number of amides is 1. The number of hydrogen-bond acceptors (Lipinski definition) is 4. The molecule has 1 amide bonds. The first-order valence-corrected chi connectivity index (χ1v) is 8.21. The molecule has 1 aromatic heterocycles. The summed E-state index contributed by atoms with van der Waals surface area (Å²) in [7, 11) is 0. The van der Waals surface area contributed by atoms with E-state index in [2.05, 4.69) is 15.6 Å². The maximum Gasteiger partial charge on any atom is 0.418 e. The van der Waals surface area contributed by atoms with Gasteiger partial charge in [-0.3, -0.25) is 9.78 Å². The average molecular weight is 365 g/mol. The third-order valence-corrected chi connectivity index (χ3v) is 4.04. The molecule has 1 unspecified atom stereocenters. The summed E-state index contributed by atoms with van der Waals surface area (Å²) in [6, 6.07) is 6.40. The van der Waals surface area contributed by atoms with Gasteiger partial charge in [0.25, 0.3) is 5.91 Å². The van der Waals surface area contributed by atoms with Crippen molar-refractivity contribution in [3.8, 4) is 0 Å². The number of halogens is 3. The average Bonchev–Trinajstić information content (AvgIpc) is 3.13. The van der Waals surface area contributed by atoms with Crippen LogP contribution in [0.1, 0.15) is 28.8 Å². The minimum absolute atomic E-state index is 0.117. The smallest absolute Gasteiger partial charge is 0.381 e. The summed E-state index contributed by atoms with van der Waals surface area (Å²) in [5.74, 6) is -0.657. The van der Waals surface area contributed by atoms with Crippen LogP contribution in [0.5, 0.6) is 0 Å². The Morgan fingerprint density at radius 2 is 2.08 bits per heavy atom. The Bertz CT molecular complexity index is 774. The van der Waals surface area contributed by atoms with E-state index in [4.69, 9.17) is 4.74 Å². The van der Waals surface area contributed by atoms with Crippen LogP contribution in [0, 0.1) is 0 Å². The van der Waals surface area contributed by atoms with Crippen LogP contribution in [0.4, 0.5) is 24.5 Å². The first-order chi connectivity index (χ1) is 12.4. The van der Waals surface area contributed by atoms with Gasteiger partial charge in [-0.15, -0.1) is 0 Å². The molecule has 3 rings (SSSR count). The zero-order chi connectivity index (χ0) is 18.6. The van der Waals surface area contributed by atoms with E-state index in [0.29, 0.717) is 12.2 Å². The molecular weight excluding hydrogens is 347 g/mol. The first-order valence-electron chi connectivity index (χ1n) is 8.21. The SMILES string of the molecule is O=C(Nc1ccccc1C(F)(F)F)c1cncc(NCC2CCCO2)c1. The zero-order valence-electron chi connectivity index (χ0n) is 13.8. The van der Waals surface area contributed by atoms with Gasteiger partial charge in [0.1, 0.15) is 0 Å². The van der Waals surface area contributed by atoms with Crippen LogP contribution in [0.15, 0.2) is 42.7 Å². The monoisotopic (exact) mass is 365 g/mol. The Morgan fingerprint density at radius 3 is 2.81 bits per heavy atom. The lowest BCUT2D eigenvalue weighted by molar-refractivity contribution is -0.136. The van der Waals surface area contributed by atoms with Gasteiger partial charge in [0.15, 0.2) is 0 Å². The molecule has 0 bridgehead atoms. The number of ether oxygens (including phenoxy) is 1. The van der Waals surface area contributed by atoms with Gasteiger partial charge in [-0.05, 0) is 31.0 Å². The molecule has 0 radical (unpaired) electrons. The van der Waals surface area contributed by atoms with E-state index >= 15 is 0 Å². The molecule has 26 heavy (non-hydrogen) atoms. The summed E-state index contributed by atoms with van der Waals surface area (Å²) in [4.78, 5) is 16.3. The van der Waals surface area contributed by atoms with E-state index in [0.717, 1.165) is 25.5 Å². The Morgan fingerprint density at radius 1 is 1.27 bits per heavy atom. The molecule has 1 saturated heterocycles. The number of para-hydroxylation sites is 1. The molecule has 8 heteroatoms. The number of hydrogen-bond donors (Lipinski definition) is 2. The summed E-state index contributed by atoms with van der Waals surface area (Å²) in [5, 5.41) is 5.44. The Balaban J connectivity index is 1.69. The summed E-state index contributed by atoms with van der Waals surface area (Å²) in [5.41, 5.74) is -0.409. The van der Waals surface area contributed by atoms with Crippen molar-refractivity contribution >= 4 is 17.3 Å². The maximum absolute atomic E-state index is 13.0. The number of alkyl halides is 3. The second-order valence-electron chi connectivity index (χ2n) is 5.98. The van der Waals surface area contributed by atoms with Gasteiger partial charge in [0.05, 0.1) is 28.6 Å². The summed E-state index contributed by atoms with van der Waals surface area (Å²) in [6.07, 6.45) is 0.414. The van der Waals surface area contributed by atoms with Gasteiger partial charge >= 0.3 is 6.18 Å². The second kappa shape index (κ2) is 7.74. The van der Waals surface area contributed by atoms with Crippen molar-refractivity contribution < 1.29 is 22.7 Å². The van der Waals surface area contributed by atoms with Crippen molar-refractivity contribution in [3.05, 3.63) is 53.9 Å². The van der Waals surface area contributed by atoms with Crippen LogP contribution in [0.3, 0.4) is 0 Å². The highest BCUT2D eigenvalue weighted by atomic mass is 19.4. The van der Waals surface area contributed by atoms with E-state index < -0.39 is 17.6 Å². The van der Waals surface area contributed by atoms with Crippen molar-refractivity contribution in [1.82, 2.24) is 4.98 Å². The number of nitrogens with zero attached hydrogens (tertiary/aromatic N) is 1. The molecule has 1 atom stereocenters. The number of carbonyl (C=O) groups excluding carboxylic acids is 1. The predicted molar refractivity (Wildman–Crippen MR) is 91.1 cm³/mol. The first kappa shape index (κ1) is 18.2. The number of anilines is 2. The van der Waals surface area contributed by atoms with Crippen molar-refractivity contribution in [1.29, 1.82) is 0 Å². The molecule has 1 aliphatic heterocycles. The Hall–Kier alpha value is -2.61. The number of pyridine rings is 1. The molecule has 2 N–H and O–H groups in total. The molecular formula is C18H18F3N3O2. The van der Waals surface area contributed by atoms with E-state index in [-0.39, 0.29) is 17.4 Å². The fraction of sp³-hybridized carbons (Fsp3) is 0.333. The minimum Gasteiger partial charge on any atom is -0.381 e. The van der Waals surface area contributed by atoms with Gasteiger partial charge < -0.3 is 15.4 Å². The number of carbonyl (C=O) groups is 1. The molecule has 2 aromatic rings. The highest BCUT2D eigenvalue weighted by molar-refractivity contribution is 6.05. The van der Waals surface area contributed by atoms with E-state index in [1.165, 1.54) is 24.4 Å². The van der Waals surface area contributed by atoms with Crippen LogP contribution >= 0.6 is 0 Å². The van der Waals surface area contributed by atoms with Crippen LogP contribution in [-0.4, -0.2) is 30.1 Å². The molecule has 2 heterocycles. The lowest BCUT2D eigenvalue weighted by Gasteiger charge is -2.14. The van der Waals surface area contributed by atoms with Crippen molar-refractivity contribution in [3.63, 3.8) is 0 Å². The minimum atomic E-state index is -4.55. The van der Waals surface area contributed by atoms with Crippen LogP contribution in [-0.2, 0) is 10.9 Å². The van der Waals surface area contributed by atoms with Crippen molar-refractivity contribution in [2.45, 2.75) is 25.1 Å². The Labute approximate surface area is 148 Å². The van der Waals surface area contributed by atoms with Gasteiger partial charge in [-0.1, -0.05) is 12.1 Å². The molecule has 5 nitrogen and oxygen atoms in total. The highest BCUT2D eigenvalue weighted by Crippen LogP contribution is 2.34. The third kappa shape index (κ3) is 4.51. The van der Waals surface area contributed by atoms with Gasteiger partial charge in [-0.2, -0.15) is 13.2 Å². The lowest BCUT2D eigenvalue weighted by atomic mass is 10.1. The lowest BCUT2D eigenvalue weighted by Crippen LogP contribution is -2.19. The molecule has 138 valence electrons. The van der Waals surface area contributed by atoms with Gasteiger partial charge in [0, 0.05) is 25.5 Å². The van der Waals surface area contributed by atoms with Crippen LogP contribution in [0.2, 0.25) is 0 Å². The number of benzene rings is 1. The zero-order valence-corrected chi connectivity index (χ0v) is 13.8. The molecule has 0 spiro atoms. The summed E-state index contributed by atoms with van der Waals surface area (Å²) >= 11 is 0. The topological polar surface area (TPSA) is 63.2 Å². The summed E-state index contributed by atoms with van der Waals surface area (Å²) in [6.45, 7) is 1.33. The van der Waals surface area contributed by atoms with E-state index in [1.54, 1.807) is 12.3 Å². The van der Waals surface area contributed by atoms with Gasteiger partial charge in [0.2, 0.25) is 0 Å². The fourth-order valence-corrected chi connectivity index (χ4v) is 2.73. The summed E-state index contributed by atoms with van der Waals surface area (Å²) < 4.78 is 44.6.